The summed E-state index contributed by atoms with van der Waals surface area (Å²) in [6, 6.07) is 5.74. The van der Waals surface area contributed by atoms with E-state index in [9.17, 15) is 4.79 Å². The molecule has 7 nitrogen and oxygen atoms in total. The summed E-state index contributed by atoms with van der Waals surface area (Å²) in [5, 5.41) is 3.15. The number of nitrogens with one attached hydrogen (secondary N) is 1. The predicted molar refractivity (Wildman–Crippen MR) is 94.4 cm³/mol. The lowest BCUT2D eigenvalue weighted by Crippen LogP contribution is -2.55. The monoisotopic (exact) mass is 362 g/mol. The van der Waals surface area contributed by atoms with E-state index in [1.54, 1.807) is 7.11 Å². The zero-order chi connectivity index (χ0) is 17.9. The number of benzene rings is 1. The van der Waals surface area contributed by atoms with Gasteiger partial charge in [-0.25, -0.2) is 0 Å². The summed E-state index contributed by atoms with van der Waals surface area (Å²) in [7, 11) is 1.69. The zero-order valence-corrected chi connectivity index (χ0v) is 15.1. The molecule has 142 valence electrons. The van der Waals surface area contributed by atoms with E-state index in [4.69, 9.17) is 18.9 Å². The molecule has 2 saturated heterocycles. The Kier molecular flexibility index (Phi) is 5.40. The second-order valence-electron chi connectivity index (χ2n) is 6.97. The minimum absolute atomic E-state index is 0.0218. The van der Waals surface area contributed by atoms with Crippen LogP contribution in [0.5, 0.6) is 5.75 Å². The Hall–Kier alpha value is -1.67. The van der Waals surface area contributed by atoms with E-state index in [-0.39, 0.29) is 24.3 Å². The molecule has 0 spiro atoms. The Balaban J connectivity index is 1.37. The van der Waals surface area contributed by atoms with Gasteiger partial charge in [-0.15, -0.1) is 0 Å². The first-order chi connectivity index (χ1) is 12.7. The van der Waals surface area contributed by atoms with Crippen LogP contribution in [0.15, 0.2) is 18.2 Å². The van der Waals surface area contributed by atoms with Crippen molar-refractivity contribution < 1.29 is 23.7 Å². The summed E-state index contributed by atoms with van der Waals surface area (Å²) in [5.41, 5.74) is 1.72. The molecule has 2 unspecified atom stereocenters. The van der Waals surface area contributed by atoms with Gasteiger partial charge < -0.3 is 24.3 Å². The van der Waals surface area contributed by atoms with Crippen molar-refractivity contribution in [1.29, 1.82) is 0 Å². The number of hydrogen-bond donors (Lipinski definition) is 1. The number of hydrogen-bond acceptors (Lipinski definition) is 6. The zero-order valence-electron chi connectivity index (χ0n) is 15.1. The summed E-state index contributed by atoms with van der Waals surface area (Å²) < 4.78 is 22.4. The van der Waals surface area contributed by atoms with E-state index in [0.29, 0.717) is 25.4 Å². The number of ether oxygens (including phenoxy) is 4. The van der Waals surface area contributed by atoms with E-state index < -0.39 is 0 Å². The Bertz CT molecular complexity index is 647. The fraction of sp³-hybridized carbons (Fsp3) is 0.632. The number of carbonyl (C=O) groups is 1. The first kappa shape index (κ1) is 17.7. The van der Waals surface area contributed by atoms with Crippen molar-refractivity contribution in [3.8, 4) is 5.75 Å². The number of fused-ring (bicyclic) bond motifs is 1. The van der Waals surface area contributed by atoms with E-state index in [1.165, 1.54) is 0 Å². The van der Waals surface area contributed by atoms with E-state index in [2.05, 4.69) is 10.2 Å². The minimum atomic E-state index is -0.150. The number of amides is 1. The average molecular weight is 362 g/mol. The maximum absolute atomic E-state index is 12.8. The Labute approximate surface area is 153 Å². The summed E-state index contributed by atoms with van der Waals surface area (Å²) in [6.45, 7) is 4.32. The number of piperidine rings is 1. The highest BCUT2D eigenvalue weighted by molar-refractivity contribution is 5.97. The van der Waals surface area contributed by atoms with Gasteiger partial charge in [0, 0.05) is 33.2 Å². The smallest absolute Gasteiger partial charge is 0.255 e. The topological polar surface area (TPSA) is 69.3 Å². The Morgan fingerprint density at radius 2 is 2.15 bits per heavy atom. The standard InChI is InChI=1S/C19H26N2O5/c1-23-16-11-21(12-17-24-9-10-25-17)7-5-15(16)20-19(22)14-4-2-3-13-6-8-26-18(13)14/h2-4,15-17H,5-12H2,1H3,(H,20,22). The molecular weight excluding hydrogens is 336 g/mol. The van der Waals surface area contributed by atoms with Gasteiger partial charge in [0.15, 0.2) is 6.29 Å². The van der Waals surface area contributed by atoms with Gasteiger partial charge >= 0.3 is 0 Å². The minimum Gasteiger partial charge on any atom is -0.492 e. The predicted octanol–water partition coefficient (Wildman–Crippen LogP) is 0.814. The van der Waals surface area contributed by atoms with E-state index in [0.717, 1.165) is 43.8 Å². The van der Waals surface area contributed by atoms with Crippen molar-refractivity contribution in [1.82, 2.24) is 10.2 Å². The number of rotatable bonds is 5. The van der Waals surface area contributed by atoms with Crippen molar-refractivity contribution >= 4 is 5.91 Å². The van der Waals surface area contributed by atoms with Crippen LogP contribution in [0.4, 0.5) is 0 Å². The number of nitrogens with zero attached hydrogens (tertiary/aromatic N) is 1. The van der Waals surface area contributed by atoms with Gasteiger partial charge in [0.25, 0.3) is 5.91 Å². The SMILES string of the molecule is COC1CN(CC2OCCO2)CCC1NC(=O)c1cccc2c1OCC2. The molecule has 1 aromatic rings. The normalized spacial score (nSPS) is 26.5. The first-order valence-corrected chi connectivity index (χ1v) is 9.28. The molecule has 3 aliphatic rings. The summed E-state index contributed by atoms with van der Waals surface area (Å²) in [6.07, 6.45) is 1.47. The molecule has 7 heteroatoms. The molecule has 1 amide bonds. The van der Waals surface area contributed by atoms with E-state index >= 15 is 0 Å². The third-order valence-corrected chi connectivity index (χ3v) is 5.32. The van der Waals surface area contributed by atoms with Gasteiger partial charge in [0.1, 0.15) is 5.75 Å². The second-order valence-corrected chi connectivity index (χ2v) is 6.97. The van der Waals surface area contributed by atoms with Crippen LogP contribution in [0, 0.1) is 0 Å². The fourth-order valence-corrected chi connectivity index (χ4v) is 3.91. The van der Waals surface area contributed by atoms with Gasteiger partial charge in [-0.1, -0.05) is 12.1 Å². The Morgan fingerprint density at radius 1 is 1.31 bits per heavy atom. The number of likely N-dealkylation sites (tertiary alicyclic amines) is 1. The third kappa shape index (κ3) is 3.71. The molecule has 0 aliphatic carbocycles. The summed E-state index contributed by atoms with van der Waals surface area (Å²) in [4.78, 5) is 15.1. The van der Waals surface area contributed by atoms with Crippen LogP contribution in [-0.2, 0) is 20.6 Å². The maximum atomic E-state index is 12.8. The largest absolute Gasteiger partial charge is 0.492 e. The van der Waals surface area contributed by atoms with Crippen LogP contribution in [0.2, 0.25) is 0 Å². The Morgan fingerprint density at radius 3 is 2.96 bits per heavy atom. The van der Waals surface area contributed by atoms with E-state index in [1.807, 2.05) is 18.2 Å². The molecule has 3 aliphatic heterocycles. The molecule has 1 N–H and O–H groups in total. The molecule has 0 radical (unpaired) electrons. The van der Waals surface area contributed by atoms with Crippen LogP contribution in [0.1, 0.15) is 22.3 Å². The van der Waals surface area contributed by atoms with Gasteiger partial charge in [0.2, 0.25) is 0 Å². The number of methoxy groups -OCH3 is 1. The molecular formula is C19H26N2O5. The van der Waals surface area contributed by atoms with Crippen molar-refractivity contribution in [2.24, 2.45) is 0 Å². The molecule has 4 rings (SSSR count). The van der Waals surface area contributed by atoms with Crippen molar-refractivity contribution in [2.75, 3.05) is 46.6 Å². The molecule has 2 fully saturated rings. The maximum Gasteiger partial charge on any atom is 0.255 e. The summed E-state index contributed by atoms with van der Waals surface area (Å²) >= 11 is 0. The fourth-order valence-electron chi connectivity index (χ4n) is 3.91. The quantitative estimate of drug-likeness (QED) is 0.836. The van der Waals surface area contributed by atoms with Crippen LogP contribution >= 0.6 is 0 Å². The van der Waals surface area contributed by atoms with Crippen LogP contribution in [0.3, 0.4) is 0 Å². The van der Waals surface area contributed by atoms with Gasteiger partial charge in [-0.05, 0) is 18.1 Å². The number of carbonyl (C=O) groups excluding carboxylic acids is 1. The van der Waals surface area contributed by atoms with Gasteiger partial charge in [0.05, 0.1) is 37.5 Å². The molecule has 2 atom stereocenters. The molecule has 3 heterocycles. The molecule has 0 bridgehead atoms. The van der Waals surface area contributed by atoms with Crippen LogP contribution < -0.4 is 10.1 Å². The average Bonchev–Trinajstić information content (AvgIpc) is 3.34. The van der Waals surface area contributed by atoms with Gasteiger partial charge in [-0.2, -0.15) is 0 Å². The lowest BCUT2D eigenvalue weighted by molar-refractivity contribution is -0.0787. The first-order valence-electron chi connectivity index (χ1n) is 9.28. The molecule has 0 saturated carbocycles. The highest BCUT2D eigenvalue weighted by Gasteiger charge is 2.33. The van der Waals surface area contributed by atoms with Crippen LogP contribution in [0.25, 0.3) is 0 Å². The molecule has 1 aromatic carbocycles. The van der Waals surface area contributed by atoms with Crippen molar-refractivity contribution in [3.63, 3.8) is 0 Å². The van der Waals surface area contributed by atoms with Crippen molar-refractivity contribution in [3.05, 3.63) is 29.3 Å². The lowest BCUT2D eigenvalue weighted by Gasteiger charge is -2.38. The van der Waals surface area contributed by atoms with Gasteiger partial charge in [-0.3, -0.25) is 9.69 Å². The lowest BCUT2D eigenvalue weighted by atomic mass is 10.0. The number of para-hydroxylation sites is 1. The summed E-state index contributed by atoms with van der Waals surface area (Å²) in [5.74, 6) is 0.638. The second kappa shape index (κ2) is 7.92. The highest BCUT2D eigenvalue weighted by Crippen LogP contribution is 2.29. The highest BCUT2D eigenvalue weighted by atomic mass is 16.7. The molecule has 0 aromatic heterocycles. The third-order valence-electron chi connectivity index (χ3n) is 5.32. The van der Waals surface area contributed by atoms with Crippen LogP contribution in [-0.4, -0.2) is 75.8 Å². The molecule has 26 heavy (non-hydrogen) atoms. The van der Waals surface area contributed by atoms with Crippen molar-refractivity contribution in [2.45, 2.75) is 31.3 Å².